The van der Waals surface area contributed by atoms with Gasteiger partial charge in [0.05, 0.1) is 13.2 Å². The molecule has 0 spiro atoms. The molecule has 2 unspecified atom stereocenters. The van der Waals surface area contributed by atoms with E-state index in [2.05, 4.69) is 10.2 Å². The van der Waals surface area contributed by atoms with Crippen LogP contribution in [0.2, 0.25) is 0 Å². The molecule has 3 N–H and O–H groups in total. The van der Waals surface area contributed by atoms with E-state index in [1.807, 2.05) is 0 Å². The number of nitrogens with one attached hydrogen (secondary N) is 1. The van der Waals surface area contributed by atoms with Gasteiger partial charge in [0.2, 0.25) is 5.91 Å². The molecule has 2 aliphatic rings. The van der Waals surface area contributed by atoms with Gasteiger partial charge < -0.3 is 15.8 Å². The summed E-state index contributed by atoms with van der Waals surface area (Å²) in [6.07, 6.45) is 6.26. The maximum atomic E-state index is 11.9. The minimum absolute atomic E-state index is 0.175. The molecule has 2 atom stereocenters. The quantitative estimate of drug-likeness (QED) is 0.705. The number of ether oxygens (including phenoxy) is 1. The van der Waals surface area contributed by atoms with Gasteiger partial charge in [-0.1, -0.05) is 12.8 Å². The summed E-state index contributed by atoms with van der Waals surface area (Å²) in [4.78, 5) is 14.3. The minimum atomic E-state index is 0.175. The van der Waals surface area contributed by atoms with Gasteiger partial charge in [-0.2, -0.15) is 0 Å². The number of amides is 1. The van der Waals surface area contributed by atoms with Crippen LogP contribution >= 0.6 is 0 Å². The van der Waals surface area contributed by atoms with Crippen LogP contribution in [0, 0.1) is 5.92 Å². The number of rotatable bonds is 6. The van der Waals surface area contributed by atoms with Crippen LogP contribution < -0.4 is 11.1 Å². The predicted molar refractivity (Wildman–Crippen MR) is 79.4 cm³/mol. The number of carbonyl (C=O) groups is 1. The number of nitrogens with two attached hydrogens (primary N) is 1. The van der Waals surface area contributed by atoms with Crippen LogP contribution in [0.15, 0.2) is 0 Å². The second kappa shape index (κ2) is 8.60. The molecule has 1 saturated carbocycles. The van der Waals surface area contributed by atoms with Crippen LogP contribution in [0.5, 0.6) is 0 Å². The van der Waals surface area contributed by atoms with E-state index < -0.39 is 0 Å². The molecule has 0 bridgehead atoms. The van der Waals surface area contributed by atoms with Crippen LogP contribution in [0.3, 0.4) is 0 Å². The molecule has 1 aliphatic heterocycles. The summed E-state index contributed by atoms with van der Waals surface area (Å²) in [5.41, 5.74) is 6.08. The van der Waals surface area contributed by atoms with Gasteiger partial charge in [0.1, 0.15) is 0 Å². The molecule has 2 rings (SSSR count). The standard InChI is InChI=1S/C15H29N3O2/c16-14-5-2-1-4-13(14)12-15(19)17-6-3-7-18-8-10-20-11-9-18/h13-14H,1-12,16H2,(H,17,19). The van der Waals surface area contributed by atoms with Crippen molar-refractivity contribution >= 4 is 5.91 Å². The van der Waals surface area contributed by atoms with Crippen LogP contribution in [-0.2, 0) is 9.53 Å². The smallest absolute Gasteiger partial charge is 0.220 e. The largest absolute Gasteiger partial charge is 0.379 e. The number of carbonyl (C=O) groups excluding carboxylic acids is 1. The summed E-state index contributed by atoms with van der Waals surface area (Å²) < 4.78 is 5.32. The van der Waals surface area contributed by atoms with Crippen LogP contribution in [-0.4, -0.2) is 56.2 Å². The zero-order chi connectivity index (χ0) is 14.2. The number of hydrogen-bond donors (Lipinski definition) is 2. The Balaban J connectivity index is 1.53. The number of hydrogen-bond acceptors (Lipinski definition) is 4. The molecule has 1 saturated heterocycles. The second-order valence-electron chi connectivity index (χ2n) is 6.07. The Morgan fingerprint density at radius 2 is 2.00 bits per heavy atom. The lowest BCUT2D eigenvalue weighted by molar-refractivity contribution is -0.122. The van der Waals surface area contributed by atoms with Crippen LogP contribution in [0.4, 0.5) is 0 Å². The third-order valence-corrected chi connectivity index (χ3v) is 4.49. The highest BCUT2D eigenvalue weighted by atomic mass is 16.5. The zero-order valence-corrected chi connectivity index (χ0v) is 12.5. The fourth-order valence-corrected chi connectivity index (χ4v) is 3.16. The maximum absolute atomic E-state index is 11.9. The van der Waals surface area contributed by atoms with Gasteiger partial charge in [0.25, 0.3) is 0 Å². The molecule has 5 nitrogen and oxygen atoms in total. The normalized spacial score (nSPS) is 28.2. The van der Waals surface area contributed by atoms with E-state index in [0.29, 0.717) is 12.3 Å². The Hall–Kier alpha value is -0.650. The van der Waals surface area contributed by atoms with E-state index in [1.165, 1.54) is 12.8 Å². The van der Waals surface area contributed by atoms with Crippen LogP contribution in [0.1, 0.15) is 38.5 Å². The van der Waals surface area contributed by atoms with Gasteiger partial charge in [0, 0.05) is 32.1 Å². The molecule has 5 heteroatoms. The molecule has 116 valence electrons. The van der Waals surface area contributed by atoms with Crippen molar-refractivity contribution in [3.63, 3.8) is 0 Å². The van der Waals surface area contributed by atoms with Crippen molar-refractivity contribution in [2.75, 3.05) is 39.4 Å². The highest BCUT2D eigenvalue weighted by Gasteiger charge is 2.23. The van der Waals surface area contributed by atoms with E-state index in [9.17, 15) is 4.79 Å². The van der Waals surface area contributed by atoms with Gasteiger partial charge in [0.15, 0.2) is 0 Å². The third kappa shape index (κ3) is 5.38. The van der Waals surface area contributed by atoms with E-state index in [4.69, 9.17) is 10.5 Å². The Kier molecular flexibility index (Phi) is 6.76. The Labute approximate surface area is 122 Å². The van der Waals surface area contributed by atoms with Gasteiger partial charge >= 0.3 is 0 Å². The first-order valence-corrected chi connectivity index (χ1v) is 8.08. The molecule has 1 amide bonds. The fourth-order valence-electron chi connectivity index (χ4n) is 3.16. The second-order valence-corrected chi connectivity index (χ2v) is 6.07. The Morgan fingerprint density at radius 3 is 2.75 bits per heavy atom. The zero-order valence-electron chi connectivity index (χ0n) is 12.5. The van der Waals surface area contributed by atoms with Gasteiger partial charge in [-0.05, 0) is 31.7 Å². The average molecular weight is 283 g/mol. The molecule has 0 aromatic carbocycles. The van der Waals surface area contributed by atoms with E-state index in [1.54, 1.807) is 0 Å². The summed E-state index contributed by atoms with van der Waals surface area (Å²) in [7, 11) is 0. The fraction of sp³-hybridized carbons (Fsp3) is 0.933. The van der Waals surface area contributed by atoms with Crippen molar-refractivity contribution < 1.29 is 9.53 Å². The van der Waals surface area contributed by atoms with E-state index >= 15 is 0 Å². The van der Waals surface area contributed by atoms with E-state index in [-0.39, 0.29) is 11.9 Å². The average Bonchev–Trinajstić information content (AvgIpc) is 2.47. The summed E-state index contributed by atoms with van der Waals surface area (Å²) in [6, 6.07) is 0.225. The number of morpholine rings is 1. The molecule has 0 radical (unpaired) electrons. The monoisotopic (exact) mass is 283 g/mol. The number of nitrogens with zero attached hydrogens (tertiary/aromatic N) is 1. The molecule has 0 aromatic heterocycles. The molecule has 20 heavy (non-hydrogen) atoms. The maximum Gasteiger partial charge on any atom is 0.220 e. The van der Waals surface area contributed by atoms with Crippen molar-refractivity contribution in [2.45, 2.75) is 44.6 Å². The van der Waals surface area contributed by atoms with Crippen molar-refractivity contribution in [2.24, 2.45) is 11.7 Å². The van der Waals surface area contributed by atoms with Crippen molar-refractivity contribution in [3.8, 4) is 0 Å². The molecule has 0 aromatic rings. The lowest BCUT2D eigenvalue weighted by Gasteiger charge is -2.28. The summed E-state index contributed by atoms with van der Waals surface area (Å²) in [5.74, 6) is 0.567. The van der Waals surface area contributed by atoms with Crippen molar-refractivity contribution in [1.82, 2.24) is 10.2 Å². The molecular formula is C15H29N3O2. The van der Waals surface area contributed by atoms with Gasteiger partial charge in [-0.15, -0.1) is 0 Å². The molecule has 1 aliphatic carbocycles. The summed E-state index contributed by atoms with van der Waals surface area (Å²) in [6.45, 7) is 5.54. The SMILES string of the molecule is NC1CCCCC1CC(=O)NCCCN1CCOCC1. The summed E-state index contributed by atoms with van der Waals surface area (Å²) in [5, 5.41) is 3.04. The molecule has 1 heterocycles. The lowest BCUT2D eigenvalue weighted by Crippen LogP contribution is -2.39. The predicted octanol–water partition coefficient (Wildman–Crippen LogP) is 0.733. The first kappa shape index (κ1) is 15.7. The highest BCUT2D eigenvalue weighted by molar-refractivity contribution is 5.76. The highest BCUT2D eigenvalue weighted by Crippen LogP contribution is 2.25. The Morgan fingerprint density at radius 1 is 1.25 bits per heavy atom. The van der Waals surface area contributed by atoms with Gasteiger partial charge in [-0.3, -0.25) is 9.69 Å². The van der Waals surface area contributed by atoms with Crippen molar-refractivity contribution in [1.29, 1.82) is 0 Å². The topological polar surface area (TPSA) is 67.6 Å². The van der Waals surface area contributed by atoms with Gasteiger partial charge in [-0.25, -0.2) is 0 Å². The van der Waals surface area contributed by atoms with E-state index in [0.717, 1.165) is 58.7 Å². The summed E-state index contributed by atoms with van der Waals surface area (Å²) >= 11 is 0. The molecular weight excluding hydrogens is 254 g/mol. The van der Waals surface area contributed by atoms with Crippen molar-refractivity contribution in [3.05, 3.63) is 0 Å². The minimum Gasteiger partial charge on any atom is -0.379 e. The molecule has 2 fully saturated rings. The Bertz CT molecular complexity index is 293. The first-order valence-electron chi connectivity index (χ1n) is 8.08. The van der Waals surface area contributed by atoms with Crippen LogP contribution in [0.25, 0.3) is 0 Å². The lowest BCUT2D eigenvalue weighted by atomic mass is 9.83. The third-order valence-electron chi connectivity index (χ3n) is 4.49. The first-order chi connectivity index (χ1) is 9.75.